The van der Waals surface area contributed by atoms with Crippen molar-refractivity contribution < 1.29 is 0 Å². The van der Waals surface area contributed by atoms with Gasteiger partial charge in [0.1, 0.15) is 0 Å². The van der Waals surface area contributed by atoms with Crippen LogP contribution in [0.2, 0.25) is 0 Å². The molecule has 4 N–H and O–H groups in total. The van der Waals surface area contributed by atoms with E-state index in [2.05, 4.69) is 67.6 Å². The molecule has 2 heteroatoms. The van der Waals surface area contributed by atoms with E-state index in [1.54, 1.807) is 0 Å². The maximum Gasteiger partial charge on any atom is 0.0316 e. The molecule has 0 fully saturated rings. The largest absolute Gasteiger partial charge is 0.399 e. The Morgan fingerprint density at radius 3 is 1.30 bits per heavy atom. The van der Waals surface area contributed by atoms with Crippen LogP contribution in [0.1, 0.15) is 46.2 Å². The predicted molar refractivity (Wildman–Crippen MR) is 128 cm³/mol. The van der Waals surface area contributed by atoms with Crippen molar-refractivity contribution in [2.45, 2.75) is 25.7 Å². The van der Waals surface area contributed by atoms with Crippen molar-refractivity contribution in [1.82, 2.24) is 0 Å². The molecule has 0 bridgehead atoms. The maximum atomic E-state index is 5.90. The molecule has 0 aliphatic rings. The molecule has 0 spiro atoms. The summed E-state index contributed by atoms with van der Waals surface area (Å²) in [5.74, 6) is 0.354. The number of anilines is 2. The molecule has 150 valence electrons. The molecule has 0 aromatic heterocycles. The van der Waals surface area contributed by atoms with E-state index in [4.69, 9.17) is 11.5 Å². The lowest BCUT2D eigenvalue weighted by Crippen LogP contribution is -1.98. The predicted octanol–water partition coefficient (Wildman–Crippen LogP) is 6.18. The highest BCUT2D eigenvalue weighted by Gasteiger charge is 2.09. The quantitative estimate of drug-likeness (QED) is 0.385. The second-order valence-corrected chi connectivity index (χ2v) is 8.05. The smallest absolute Gasteiger partial charge is 0.0316 e. The van der Waals surface area contributed by atoms with E-state index in [0.717, 1.165) is 24.2 Å². The van der Waals surface area contributed by atoms with Crippen LogP contribution in [0.4, 0.5) is 11.4 Å². The van der Waals surface area contributed by atoms with Gasteiger partial charge in [0, 0.05) is 17.3 Å². The SMILES string of the molecule is CC(c1ccc(Cc2cccc(N)c2)cc1)c1ccc(Cc2cccc(N)c2)cc1. The fourth-order valence-corrected chi connectivity index (χ4v) is 3.92. The summed E-state index contributed by atoms with van der Waals surface area (Å²) < 4.78 is 0. The lowest BCUT2D eigenvalue weighted by atomic mass is 9.91. The van der Waals surface area contributed by atoms with Crippen molar-refractivity contribution in [3.63, 3.8) is 0 Å². The summed E-state index contributed by atoms with van der Waals surface area (Å²) >= 11 is 0. The first-order valence-corrected chi connectivity index (χ1v) is 10.4. The number of rotatable bonds is 6. The minimum atomic E-state index is 0.354. The van der Waals surface area contributed by atoms with Gasteiger partial charge < -0.3 is 11.5 Å². The number of benzene rings is 4. The zero-order chi connectivity index (χ0) is 20.9. The van der Waals surface area contributed by atoms with E-state index < -0.39 is 0 Å². The first kappa shape index (κ1) is 19.8. The topological polar surface area (TPSA) is 52.0 Å². The Morgan fingerprint density at radius 1 is 0.533 bits per heavy atom. The van der Waals surface area contributed by atoms with Crippen molar-refractivity contribution in [3.8, 4) is 0 Å². The average Bonchev–Trinajstić information content (AvgIpc) is 2.74. The number of hydrogen-bond acceptors (Lipinski definition) is 2. The van der Waals surface area contributed by atoms with Crippen LogP contribution in [0.25, 0.3) is 0 Å². The highest BCUT2D eigenvalue weighted by molar-refractivity contribution is 5.44. The molecule has 0 saturated carbocycles. The summed E-state index contributed by atoms with van der Waals surface area (Å²) in [6.45, 7) is 2.26. The minimum Gasteiger partial charge on any atom is -0.399 e. The van der Waals surface area contributed by atoms with E-state index in [1.807, 2.05) is 36.4 Å². The minimum absolute atomic E-state index is 0.354. The van der Waals surface area contributed by atoms with Crippen molar-refractivity contribution in [2.24, 2.45) is 0 Å². The second kappa shape index (κ2) is 8.87. The van der Waals surface area contributed by atoms with Crippen LogP contribution in [0.3, 0.4) is 0 Å². The van der Waals surface area contributed by atoms with Crippen LogP contribution >= 0.6 is 0 Å². The van der Waals surface area contributed by atoms with Gasteiger partial charge in [-0.2, -0.15) is 0 Å². The molecule has 2 nitrogen and oxygen atoms in total. The van der Waals surface area contributed by atoms with Crippen molar-refractivity contribution >= 4 is 11.4 Å². The molecular weight excluding hydrogens is 364 g/mol. The monoisotopic (exact) mass is 392 g/mol. The molecule has 0 saturated heterocycles. The molecule has 0 radical (unpaired) electrons. The summed E-state index contributed by atoms with van der Waals surface area (Å²) in [6, 6.07) is 34.1. The third-order valence-electron chi connectivity index (χ3n) is 5.68. The second-order valence-electron chi connectivity index (χ2n) is 8.05. The fraction of sp³-hybridized carbons (Fsp3) is 0.143. The van der Waals surface area contributed by atoms with Crippen LogP contribution in [0.15, 0.2) is 97.1 Å². The Labute approximate surface area is 179 Å². The molecule has 0 aliphatic carbocycles. The van der Waals surface area contributed by atoms with Gasteiger partial charge in [-0.1, -0.05) is 79.7 Å². The van der Waals surface area contributed by atoms with Gasteiger partial charge in [-0.25, -0.2) is 0 Å². The highest BCUT2D eigenvalue weighted by Crippen LogP contribution is 2.26. The lowest BCUT2D eigenvalue weighted by Gasteiger charge is -2.14. The first-order chi connectivity index (χ1) is 14.6. The normalized spacial score (nSPS) is 11.0. The Morgan fingerprint density at radius 2 is 0.933 bits per heavy atom. The summed E-state index contributed by atoms with van der Waals surface area (Å²) in [6.07, 6.45) is 1.80. The number of nitrogen functional groups attached to an aromatic ring is 2. The Kier molecular flexibility index (Phi) is 5.85. The van der Waals surface area contributed by atoms with Gasteiger partial charge in [0.2, 0.25) is 0 Å². The van der Waals surface area contributed by atoms with E-state index in [1.165, 1.54) is 33.4 Å². The van der Waals surface area contributed by atoms with Crippen LogP contribution in [0, 0.1) is 0 Å². The summed E-state index contributed by atoms with van der Waals surface area (Å²) in [5.41, 5.74) is 21.2. The van der Waals surface area contributed by atoms with Gasteiger partial charge in [0.05, 0.1) is 0 Å². The molecule has 0 aliphatic heterocycles. The summed E-state index contributed by atoms with van der Waals surface area (Å²) in [5, 5.41) is 0. The standard InChI is InChI=1S/C28H28N2/c1-20(25-12-8-21(9-13-25)16-23-4-2-6-27(29)18-23)26-14-10-22(11-15-26)17-24-5-3-7-28(30)19-24/h2-15,18-20H,16-17,29-30H2,1H3. The Bertz CT molecular complexity index is 1020. The fourth-order valence-electron chi connectivity index (χ4n) is 3.92. The molecule has 30 heavy (non-hydrogen) atoms. The average molecular weight is 393 g/mol. The van der Waals surface area contributed by atoms with Gasteiger partial charge >= 0.3 is 0 Å². The zero-order valence-corrected chi connectivity index (χ0v) is 17.4. The van der Waals surface area contributed by atoms with E-state index in [-0.39, 0.29) is 0 Å². The van der Waals surface area contributed by atoms with E-state index in [9.17, 15) is 0 Å². The van der Waals surface area contributed by atoms with Gasteiger partial charge in [-0.05, 0) is 70.5 Å². The van der Waals surface area contributed by atoms with Crippen LogP contribution < -0.4 is 11.5 Å². The molecule has 0 unspecified atom stereocenters. The molecule has 4 rings (SSSR count). The van der Waals surface area contributed by atoms with Crippen molar-refractivity contribution in [3.05, 3.63) is 130 Å². The van der Waals surface area contributed by atoms with E-state index in [0.29, 0.717) is 5.92 Å². The van der Waals surface area contributed by atoms with E-state index >= 15 is 0 Å². The molecule has 4 aromatic carbocycles. The van der Waals surface area contributed by atoms with Gasteiger partial charge in [-0.3, -0.25) is 0 Å². The molecule has 0 heterocycles. The summed E-state index contributed by atoms with van der Waals surface area (Å²) in [4.78, 5) is 0. The molecular formula is C28H28N2. The van der Waals surface area contributed by atoms with Crippen LogP contribution in [-0.2, 0) is 12.8 Å². The van der Waals surface area contributed by atoms with Gasteiger partial charge in [0.15, 0.2) is 0 Å². The maximum absolute atomic E-state index is 5.90. The third kappa shape index (κ3) is 4.90. The van der Waals surface area contributed by atoms with Gasteiger partial charge in [-0.15, -0.1) is 0 Å². The number of nitrogens with two attached hydrogens (primary N) is 2. The van der Waals surface area contributed by atoms with Crippen LogP contribution in [0.5, 0.6) is 0 Å². The third-order valence-corrected chi connectivity index (χ3v) is 5.68. The first-order valence-electron chi connectivity index (χ1n) is 10.4. The number of hydrogen-bond donors (Lipinski definition) is 2. The van der Waals surface area contributed by atoms with Crippen molar-refractivity contribution in [1.29, 1.82) is 0 Å². The van der Waals surface area contributed by atoms with Crippen molar-refractivity contribution in [2.75, 3.05) is 11.5 Å². The highest BCUT2D eigenvalue weighted by atomic mass is 14.5. The van der Waals surface area contributed by atoms with Crippen LogP contribution in [-0.4, -0.2) is 0 Å². The lowest BCUT2D eigenvalue weighted by molar-refractivity contribution is 0.918. The molecule has 0 amide bonds. The Balaban J connectivity index is 1.43. The molecule has 4 aromatic rings. The Hall–Kier alpha value is -3.52. The zero-order valence-electron chi connectivity index (χ0n) is 17.4. The summed E-state index contributed by atoms with van der Waals surface area (Å²) in [7, 11) is 0. The van der Waals surface area contributed by atoms with Gasteiger partial charge in [0.25, 0.3) is 0 Å². The molecule has 0 atom stereocenters.